The van der Waals surface area contributed by atoms with Gasteiger partial charge in [0, 0.05) is 19.2 Å². The lowest BCUT2D eigenvalue weighted by atomic mass is 9.98. The zero-order valence-electron chi connectivity index (χ0n) is 14.7. The van der Waals surface area contributed by atoms with E-state index >= 15 is 0 Å². The highest BCUT2D eigenvalue weighted by Gasteiger charge is 2.22. The average molecular weight is 329 g/mol. The Labute approximate surface area is 143 Å². The fourth-order valence-corrected chi connectivity index (χ4v) is 2.71. The van der Waals surface area contributed by atoms with Crippen LogP contribution >= 0.6 is 0 Å². The average Bonchev–Trinajstić information content (AvgIpc) is 3.01. The predicted molar refractivity (Wildman–Crippen MR) is 94.9 cm³/mol. The van der Waals surface area contributed by atoms with Crippen LogP contribution in [0.15, 0.2) is 36.4 Å². The van der Waals surface area contributed by atoms with E-state index in [1.807, 2.05) is 24.0 Å². The fraction of sp³-hybridized carbons (Fsp3) is 0.474. The van der Waals surface area contributed by atoms with Crippen LogP contribution in [0.5, 0.6) is 0 Å². The third-order valence-electron chi connectivity index (χ3n) is 4.58. The van der Waals surface area contributed by atoms with Gasteiger partial charge in [0.05, 0.1) is 12.1 Å². The maximum absolute atomic E-state index is 12.5. The SMILES string of the molecule is CCC(C)C(C=CC(=O)N1Cc2ccccc2C1)NC(=O)C(C)N. The van der Waals surface area contributed by atoms with E-state index in [9.17, 15) is 9.59 Å². The summed E-state index contributed by atoms with van der Waals surface area (Å²) >= 11 is 0. The van der Waals surface area contributed by atoms with Gasteiger partial charge in [-0.15, -0.1) is 0 Å². The largest absolute Gasteiger partial charge is 0.348 e. The van der Waals surface area contributed by atoms with Gasteiger partial charge in [-0.05, 0) is 24.0 Å². The molecule has 1 aromatic carbocycles. The lowest BCUT2D eigenvalue weighted by Gasteiger charge is -2.22. The van der Waals surface area contributed by atoms with Crippen LogP contribution in [0, 0.1) is 5.92 Å². The van der Waals surface area contributed by atoms with Gasteiger partial charge in [-0.2, -0.15) is 0 Å². The number of rotatable bonds is 6. The smallest absolute Gasteiger partial charge is 0.246 e. The molecule has 2 rings (SSSR count). The summed E-state index contributed by atoms with van der Waals surface area (Å²) in [6, 6.07) is 7.33. The zero-order chi connectivity index (χ0) is 17.7. The molecule has 1 aromatic rings. The fourth-order valence-electron chi connectivity index (χ4n) is 2.71. The van der Waals surface area contributed by atoms with Gasteiger partial charge in [0.25, 0.3) is 0 Å². The van der Waals surface area contributed by atoms with Gasteiger partial charge >= 0.3 is 0 Å². The summed E-state index contributed by atoms with van der Waals surface area (Å²) in [7, 11) is 0. The van der Waals surface area contributed by atoms with E-state index in [1.54, 1.807) is 19.1 Å². The number of carbonyl (C=O) groups is 2. The number of nitrogens with two attached hydrogens (primary N) is 1. The topological polar surface area (TPSA) is 75.4 Å². The quantitative estimate of drug-likeness (QED) is 0.784. The van der Waals surface area contributed by atoms with Crippen LogP contribution in [-0.2, 0) is 22.7 Å². The van der Waals surface area contributed by atoms with Crippen LogP contribution in [0.4, 0.5) is 0 Å². The van der Waals surface area contributed by atoms with Gasteiger partial charge in [0.2, 0.25) is 11.8 Å². The van der Waals surface area contributed by atoms with Crippen molar-refractivity contribution in [3.8, 4) is 0 Å². The summed E-state index contributed by atoms with van der Waals surface area (Å²) in [6.07, 6.45) is 4.27. The van der Waals surface area contributed by atoms with Gasteiger partial charge in [-0.1, -0.05) is 50.6 Å². The van der Waals surface area contributed by atoms with Crippen LogP contribution in [-0.4, -0.2) is 28.8 Å². The molecule has 3 N–H and O–H groups in total. The number of hydrogen-bond acceptors (Lipinski definition) is 3. The van der Waals surface area contributed by atoms with Gasteiger partial charge in [-0.25, -0.2) is 0 Å². The van der Waals surface area contributed by atoms with Gasteiger partial charge < -0.3 is 16.0 Å². The molecule has 5 nitrogen and oxygen atoms in total. The van der Waals surface area contributed by atoms with Crippen molar-refractivity contribution in [2.45, 2.75) is 52.4 Å². The first-order valence-corrected chi connectivity index (χ1v) is 8.52. The van der Waals surface area contributed by atoms with Crippen molar-refractivity contribution in [1.82, 2.24) is 10.2 Å². The molecule has 0 aromatic heterocycles. The summed E-state index contributed by atoms with van der Waals surface area (Å²) in [4.78, 5) is 26.1. The third kappa shape index (κ3) is 4.45. The summed E-state index contributed by atoms with van der Waals surface area (Å²) in [5.41, 5.74) is 8.01. The van der Waals surface area contributed by atoms with Gasteiger partial charge in [0.1, 0.15) is 0 Å². The van der Waals surface area contributed by atoms with Crippen LogP contribution in [0.2, 0.25) is 0 Å². The second kappa shape index (κ2) is 8.11. The summed E-state index contributed by atoms with van der Waals surface area (Å²) in [6.45, 7) is 7.04. The van der Waals surface area contributed by atoms with Gasteiger partial charge in [0.15, 0.2) is 0 Å². The van der Waals surface area contributed by atoms with Crippen LogP contribution in [0.1, 0.15) is 38.3 Å². The number of nitrogens with zero attached hydrogens (tertiary/aromatic N) is 1. The van der Waals surface area contributed by atoms with Crippen molar-refractivity contribution in [3.63, 3.8) is 0 Å². The molecule has 0 saturated heterocycles. The van der Waals surface area contributed by atoms with Crippen LogP contribution < -0.4 is 11.1 Å². The minimum absolute atomic E-state index is 0.0328. The number of benzene rings is 1. The highest BCUT2D eigenvalue weighted by Crippen LogP contribution is 2.22. The molecular weight excluding hydrogens is 302 g/mol. The Morgan fingerprint density at radius 3 is 2.33 bits per heavy atom. The van der Waals surface area contributed by atoms with E-state index in [4.69, 9.17) is 5.73 Å². The number of carbonyl (C=O) groups excluding carboxylic acids is 2. The molecule has 3 atom stereocenters. The lowest BCUT2D eigenvalue weighted by molar-refractivity contribution is -0.126. The molecular formula is C19H27N3O2. The van der Waals surface area contributed by atoms with E-state index in [2.05, 4.69) is 24.4 Å². The van der Waals surface area contributed by atoms with Crippen molar-refractivity contribution in [2.75, 3.05) is 0 Å². The molecule has 5 heteroatoms. The Morgan fingerprint density at radius 2 is 1.83 bits per heavy atom. The molecule has 1 aliphatic heterocycles. The maximum Gasteiger partial charge on any atom is 0.246 e. The number of amides is 2. The molecule has 0 aliphatic carbocycles. The molecule has 0 spiro atoms. The number of nitrogens with one attached hydrogen (secondary N) is 1. The zero-order valence-corrected chi connectivity index (χ0v) is 14.7. The Bertz CT molecular complexity index is 600. The molecule has 130 valence electrons. The Hall–Kier alpha value is -2.14. The highest BCUT2D eigenvalue weighted by molar-refractivity contribution is 5.88. The van der Waals surface area contributed by atoms with Gasteiger partial charge in [-0.3, -0.25) is 9.59 Å². The van der Waals surface area contributed by atoms with E-state index in [0.717, 1.165) is 6.42 Å². The second-order valence-corrected chi connectivity index (χ2v) is 6.53. The third-order valence-corrected chi connectivity index (χ3v) is 4.58. The first kappa shape index (κ1) is 18.2. The molecule has 0 saturated carbocycles. The summed E-state index contributed by atoms with van der Waals surface area (Å²) < 4.78 is 0. The molecule has 1 heterocycles. The van der Waals surface area contributed by atoms with Crippen molar-refractivity contribution in [3.05, 3.63) is 47.5 Å². The van der Waals surface area contributed by atoms with Crippen molar-refractivity contribution < 1.29 is 9.59 Å². The van der Waals surface area contributed by atoms with Crippen molar-refractivity contribution in [2.24, 2.45) is 11.7 Å². The molecule has 0 radical (unpaired) electrons. The molecule has 2 amide bonds. The molecule has 24 heavy (non-hydrogen) atoms. The second-order valence-electron chi connectivity index (χ2n) is 6.53. The standard InChI is InChI=1S/C19H27N3O2/c1-4-13(2)17(21-19(24)14(3)20)9-10-18(23)22-11-15-7-5-6-8-16(15)12-22/h5-10,13-14,17H,4,11-12,20H2,1-3H3,(H,21,24). The molecule has 3 unspecified atom stereocenters. The van der Waals surface area contributed by atoms with E-state index in [1.165, 1.54) is 11.1 Å². The highest BCUT2D eigenvalue weighted by atomic mass is 16.2. The van der Waals surface area contributed by atoms with E-state index < -0.39 is 6.04 Å². The molecule has 0 fully saturated rings. The Balaban J connectivity index is 2.01. The molecule has 1 aliphatic rings. The first-order chi connectivity index (χ1) is 11.4. The number of hydrogen-bond donors (Lipinski definition) is 2. The summed E-state index contributed by atoms with van der Waals surface area (Å²) in [5, 5.41) is 2.91. The van der Waals surface area contributed by atoms with E-state index in [-0.39, 0.29) is 23.8 Å². The van der Waals surface area contributed by atoms with Crippen LogP contribution in [0.25, 0.3) is 0 Å². The number of fused-ring (bicyclic) bond motifs is 1. The minimum Gasteiger partial charge on any atom is -0.348 e. The maximum atomic E-state index is 12.5. The monoisotopic (exact) mass is 329 g/mol. The molecule has 0 bridgehead atoms. The lowest BCUT2D eigenvalue weighted by Crippen LogP contribution is -2.45. The van der Waals surface area contributed by atoms with Crippen molar-refractivity contribution >= 4 is 11.8 Å². The Kier molecular flexibility index (Phi) is 6.15. The van der Waals surface area contributed by atoms with Crippen LogP contribution in [0.3, 0.4) is 0 Å². The summed E-state index contributed by atoms with van der Waals surface area (Å²) in [5.74, 6) is -0.00643. The van der Waals surface area contributed by atoms with Crippen molar-refractivity contribution in [1.29, 1.82) is 0 Å². The first-order valence-electron chi connectivity index (χ1n) is 8.52. The normalized spacial score (nSPS) is 17.4. The Morgan fingerprint density at radius 1 is 1.25 bits per heavy atom. The minimum atomic E-state index is -0.561. The van der Waals surface area contributed by atoms with E-state index in [0.29, 0.717) is 13.1 Å². The predicted octanol–water partition coefficient (Wildman–Crippen LogP) is 1.96.